The third-order valence-electron chi connectivity index (χ3n) is 1.86. The van der Waals surface area contributed by atoms with Crippen LogP contribution in [-0.4, -0.2) is 13.4 Å². The van der Waals surface area contributed by atoms with Crippen molar-refractivity contribution in [1.82, 2.24) is 0 Å². The van der Waals surface area contributed by atoms with Gasteiger partial charge in [0, 0.05) is 5.56 Å². The van der Waals surface area contributed by atoms with Gasteiger partial charge >= 0.3 is 6.18 Å². The summed E-state index contributed by atoms with van der Waals surface area (Å²) in [5, 5.41) is 4.72. The monoisotopic (exact) mass is 299 g/mol. The summed E-state index contributed by atoms with van der Waals surface area (Å²) in [7, 11) is -4.13. The Morgan fingerprint density at radius 2 is 1.89 bits per heavy atom. The Bertz CT molecular complexity index is 584. The van der Waals surface area contributed by atoms with E-state index in [1.807, 2.05) is 4.72 Å². The van der Waals surface area contributed by atoms with E-state index in [-0.39, 0.29) is 16.2 Å². The van der Waals surface area contributed by atoms with Crippen LogP contribution in [-0.2, 0) is 16.4 Å². The normalized spacial score (nSPS) is 12.2. The van der Waals surface area contributed by atoms with Gasteiger partial charge in [-0.2, -0.15) is 21.6 Å². The molecule has 0 saturated carbocycles. The first kappa shape index (κ1) is 14.7. The van der Waals surface area contributed by atoms with Crippen molar-refractivity contribution in [2.24, 2.45) is 10.9 Å². The largest absolute Gasteiger partial charge is 0.416 e. The van der Waals surface area contributed by atoms with Crippen LogP contribution in [0.25, 0.3) is 0 Å². The van der Waals surface area contributed by atoms with Crippen LogP contribution in [0, 0.1) is 0 Å². The van der Waals surface area contributed by atoms with Crippen LogP contribution < -0.4 is 15.6 Å². The zero-order valence-electron chi connectivity index (χ0n) is 8.65. The maximum absolute atomic E-state index is 12.5. The van der Waals surface area contributed by atoms with Gasteiger partial charge in [-0.3, -0.25) is 4.72 Å². The Morgan fingerprint density at radius 1 is 1.33 bits per heavy atom. The highest BCUT2D eigenvalue weighted by Crippen LogP contribution is 2.31. The maximum atomic E-state index is 12.5. The molecule has 0 fully saturated rings. The van der Waals surface area contributed by atoms with Crippen molar-refractivity contribution in [3.8, 4) is 0 Å². The van der Waals surface area contributed by atoms with E-state index in [4.69, 9.17) is 10.9 Å². The van der Waals surface area contributed by atoms with Gasteiger partial charge in [0.15, 0.2) is 0 Å². The molecular weight excluding hydrogens is 291 g/mol. The van der Waals surface area contributed by atoms with E-state index in [1.54, 1.807) is 0 Å². The molecule has 0 saturated heterocycles. The highest BCUT2D eigenvalue weighted by Gasteiger charge is 2.31. The number of rotatable bonds is 3. The summed E-state index contributed by atoms with van der Waals surface area (Å²) in [6.45, 7) is 0. The average molecular weight is 299 g/mol. The Hall–Kier alpha value is -1.39. The fourth-order valence-corrected chi connectivity index (χ4v) is 1.82. The van der Waals surface area contributed by atoms with Gasteiger partial charge in [0.2, 0.25) is 0 Å². The minimum Gasteiger partial charge on any atom is -0.389 e. The Labute approximate surface area is 106 Å². The zero-order valence-corrected chi connectivity index (χ0v) is 10.3. The van der Waals surface area contributed by atoms with Crippen LogP contribution in [0.4, 0.5) is 18.9 Å². The summed E-state index contributed by atoms with van der Waals surface area (Å²) in [5.41, 5.74) is 3.77. The molecule has 0 unspecified atom stereocenters. The number of hydrogen-bond donors (Lipinski definition) is 3. The quantitative estimate of drug-likeness (QED) is 0.724. The number of anilines is 1. The van der Waals surface area contributed by atoms with Crippen molar-refractivity contribution in [3.63, 3.8) is 0 Å². The van der Waals surface area contributed by atoms with Gasteiger partial charge in [0.05, 0.1) is 11.3 Å². The third kappa shape index (κ3) is 3.82. The first-order valence-electron chi connectivity index (χ1n) is 4.32. The van der Waals surface area contributed by atoms with E-state index in [9.17, 15) is 21.6 Å². The van der Waals surface area contributed by atoms with Crippen LogP contribution >= 0.6 is 12.2 Å². The van der Waals surface area contributed by atoms with E-state index in [0.717, 1.165) is 6.07 Å². The predicted octanol–water partition coefficient (Wildman–Crippen LogP) is 0.955. The Kier molecular flexibility index (Phi) is 3.84. The third-order valence-corrected chi connectivity index (χ3v) is 2.59. The van der Waals surface area contributed by atoms with Gasteiger partial charge < -0.3 is 5.73 Å². The number of benzene rings is 1. The topological polar surface area (TPSA) is 98.2 Å². The molecule has 0 aliphatic heterocycles. The second kappa shape index (κ2) is 4.71. The highest BCUT2D eigenvalue weighted by atomic mass is 32.2. The molecule has 5 nitrogen and oxygen atoms in total. The van der Waals surface area contributed by atoms with E-state index in [1.165, 1.54) is 0 Å². The Balaban J connectivity index is 3.34. The molecule has 0 amide bonds. The molecule has 0 heterocycles. The number of nitrogens with one attached hydrogen (secondary N) is 1. The number of nitrogens with two attached hydrogens (primary N) is 2. The van der Waals surface area contributed by atoms with Crippen molar-refractivity contribution in [2.75, 3.05) is 4.72 Å². The van der Waals surface area contributed by atoms with Crippen molar-refractivity contribution < 1.29 is 21.6 Å². The van der Waals surface area contributed by atoms with E-state index in [2.05, 4.69) is 12.2 Å². The standard InChI is InChI=1S/C8H8F3N3O2S2/c9-8(10,11)4-1-2-6(14-18(13,15)16)5(3-4)7(12)17/h1-3,14H,(H2,12,17)(H2,13,15,16). The van der Waals surface area contributed by atoms with Crippen molar-refractivity contribution in [1.29, 1.82) is 0 Å². The maximum Gasteiger partial charge on any atom is 0.416 e. The highest BCUT2D eigenvalue weighted by molar-refractivity contribution is 7.90. The lowest BCUT2D eigenvalue weighted by Crippen LogP contribution is -2.24. The van der Waals surface area contributed by atoms with Gasteiger partial charge in [-0.15, -0.1) is 0 Å². The Morgan fingerprint density at radius 3 is 2.28 bits per heavy atom. The first-order valence-corrected chi connectivity index (χ1v) is 6.28. The van der Waals surface area contributed by atoms with E-state index in [0.29, 0.717) is 12.1 Å². The van der Waals surface area contributed by atoms with Crippen molar-refractivity contribution in [2.45, 2.75) is 6.18 Å². The molecule has 18 heavy (non-hydrogen) atoms. The molecule has 5 N–H and O–H groups in total. The molecule has 0 spiro atoms. The summed E-state index contributed by atoms with van der Waals surface area (Å²) >= 11 is 4.56. The minimum absolute atomic E-state index is 0.210. The molecule has 0 radical (unpaired) electrons. The summed E-state index contributed by atoms with van der Waals surface area (Å²) in [5.74, 6) is 0. The lowest BCUT2D eigenvalue weighted by molar-refractivity contribution is -0.137. The summed E-state index contributed by atoms with van der Waals surface area (Å²) in [6, 6.07) is 2.23. The molecule has 1 aromatic rings. The molecule has 10 heteroatoms. The van der Waals surface area contributed by atoms with Gasteiger partial charge in [-0.1, -0.05) is 12.2 Å². The van der Waals surface area contributed by atoms with Gasteiger partial charge in [0.1, 0.15) is 4.99 Å². The SMILES string of the molecule is NC(=S)c1cc(C(F)(F)F)ccc1NS(N)(=O)=O. The molecule has 0 aliphatic carbocycles. The fraction of sp³-hybridized carbons (Fsp3) is 0.125. The number of alkyl halides is 3. The summed E-state index contributed by atoms with van der Waals surface area (Å²) in [6.07, 6.45) is -4.58. The zero-order chi connectivity index (χ0) is 14.1. The number of halogens is 3. The van der Waals surface area contributed by atoms with Gasteiger partial charge in [0.25, 0.3) is 10.2 Å². The molecule has 0 aliphatic rings. The average Bonchev–Trinajstić information content (AvgIpc) is 2.13. The van der Waals surface area contributed by atoms with Crippen LogP contribution in [0.15, 0.2) is 18.2 Å². The minimum atomic E-state index is -4.58. The lowest BCUT2D eigenvalue weighted by Gasteiger charge is -2.13. The molecule has 100 valence electrons. The number of thiocarbonyl (C=S) groups is 1. The lowest BCUT2D eigenvalue weighted by atomic mass is 10.1. The summed E-state index contributed by atoms with van der Waals surface area (Å²) in [4.78, 5) is -0.382. The van der Waals surface area contributed by atoms with Gasteiger partial charge in [-0.25, -0.2) is 5.14 Å². The van der Waals surface area contributed by atoms with Crippen LogP contribution in [0.2, 0.25) is 0 Å². The number of hydrogen-bond acceptors (Lipinski definition) is 3. The molecular formula is C8H8F3N3O2S2. The molecule has 1 aromatic carbocycles. The van der Waals surface area contributed by atoms with Crippen LogP contribution in [0.1, 0.15) is 11.1 Å². The molecule has 0 bridgehead atoms. The van der Waals surface area contributed by atoms with Crippen molar-refractivity contribution >= 4 is 33.1 Å². The fourth-order valence-electron chi connectivity index (χ4n) is 1.17. The van der Waals surface area contributed by atoms with Crippen LogP contribution in [0.5, 0.6) is 0 Å². The van der Waals surface area contributed by atoms with Crippen LogP contribution in [0.3, 0.4) is 0 Å². The summed E-state index contributed by atoms with van der Waals surface area (Å²) < 4.78 is 60.8. The van der Waals surface area contributed by atoms with Gasteiger partial charge in [-0.05, 0) is 18.2 Å². The second-order valence-corrected chi connectivity index (χ2v) is 5.00. The van der Waals surface area contributed by atoms with E-state index >= 15 is 0 Å². The van der Waals surface area contributed by atoms with Crippen molar-refractivity contribution in [3.05, 3.63) is 29.3 Å². The predicted molar refractivity (Wildman–Crippen MR) is 64.1 cm³/mol. The molecule has 0 aromatic heterocycles. The molecule has 0 atom stereocenters. The first-order chi connectivity index (χ1) is 8.00. The smallest absolute Gasteiger partial charge is 0.389 e. The van der Waals surface area contributed by atoms with E-state index < -0.39 is 21.9 Å². The molecule has 1 rings (SSSR count). The second-order valence-electron chi connectivity index (χ2n) is 3.27.